The van der Waals surface area contributed by atoms with E-state index in [2.05, 4.69) is 9.80 Å². The lowest BCUT2D eigenvalue weighted by molar-refractivity contribution is 0.00980. The summed E-state index contributed by atoms with van der Waals surface area (Å²) < 4.78 is 33.1. The molecule has 36 heavy (non-hydrogen) atoms. The Kier molecular flexibility index (Phi) is 8.37. The molecule has 3 aromatic rings. The van der Waals surface area contributed by atoms with Crippen molar-refractivity contribution in [1.82, 2.24) is 4.90 Å². The first kappa shape index (κ1) is 26.6. The van der Waals surface area contributed by atoms with Crippen molar-refractivity contribution < 1.29 is 23.7 Å². The fourth-order valence-electron chi connectivity index (χ4n) is 4.61. The van der Waals surface area contributed by atoms with E-state index >= 15 is 0 Å². The van der Waals surface area contributed by atoms with Crippen molar-refractivity contribution in [3.63, 3.8) is 0 Å². The van der Waals surface area contributed by atoms with Gasteiger partial charge in [0, 0.05) is 43.3 Å². The molecular weight excluding hydrogens is 509 g/mol. The minimum Gasteiger partial charge on any atom is -0.491 e. The summed E-state index contributed by atoms with van der Waals surface area (Å²) in [6.07, 6.45) is 0. The van der Waals surface area contributed by atoms with E-state index in [9.17, 15) is 13.9 Å². The fourth-order valence-corrected chi connectivity index (χ4v) is 5.01. The molecule has 1 aliphatic rings. The number of hydrogen-bond acceptors (Lipinski definition) is 5. The highest BCUT2D eigenvalue weighted by Crippen LogP contribution is 2.38. The molecule has 0 saturated carbocycles. The predicted molar refractivity (Wildman–Crippen MR) is 138 cm³/mol. The minimum atomic E-state index is -1.46. The summed E-state index contributed by atoms with van der Waals surface area (Å²) in [5, 5.41) is 21.3. The van der Waals surface area contributed by atoms with Crippen LogP contribution in [0.5, 0.6) is 5.75 Å². The Morgan fingerprint density at radius 2 is 1.69 bits per heavy atom. The smallest absolute Gasteiger partial charge is 0.126 e. The van der Waals surface area contributed by atoms with Crippen LogP contribution in [0.1, 0.15) is 24.1 Å². The molecule has 0 unspecified atom stereocenters. The summed E-state index contributed by atoms with van der Waals surface area (Å²) in [6.45, 7) is 3.56. The number of ether oxygens (including phenoxy) is 1. The van der Waals surface area contributed by atoms with E-state index in [-0.39, 0.29) is 31.4 Å². The number of aliphatic hydroxyl groups excluding tert-OH is 1. The lowest BCUT2D eigenvalue weighted by Gasteiger charge is -2.45. The number of halogens is 4. The van der Waals surface area contributed by atoms with E-state index in [1.54, 1.807) is 13.0 Å². The summed E-state index contributed by atoms with van der Waals surface area (Å²) in [6, 6.07) is 16.0. The molecule has 5 nitrogen and oxygen atoms in total. The Balaban J connectivity index is 1.60. The van der Waals surface area contributed by atoms with Gasteiger partial charge in [-0.3, -0.25) is 4.90 Å². The van der Waals surface area contributed by atoms with Crippen LogP contribution < -0.4 is 9.64 Å². The number of β-amino-alcohol motifs (C(OH)–C–C–N with tert-alkyl or cyclic N) is 1. The average Bonchev–Trinajstić information content (AvgIpc) is 2.83. The average molecular weight is 537 g/mol. The van der Waals surface area contributed by atoms with Gasteiger partial charge in [-0.25, -0.2) is 8.78 Å². The molecule has 0 radical (unpaired) electrons. The van der Waals surface area contributed by atoms with Crippen LogP contribution >= 0.6 is 23.2 Å². The standard InChI is InChI=1S/C27H28Cl2F2N2O3/c1-27(35,19-12-21(30)14-22(31)13-19)17-32-8-9-33(26(16-32)18-2-4-20(28)5-3-18)25-7-6-23(15-24(25)29)36-11-10-34/h2-7,12-15,26,34-35H,8-11,16-17H2,1H3/t26-,27+/m0/s1. The van der Waals surface area contributed by atoms with Crippen LogP contribution in [0.15, 0.2) is 60.7 Å². The summed E-state index contributed by atoms with van der Waals surface area (Å²) in [7, 11) is 0. The largest absolute Gasteiger partial charge is 0.491 e. The van der Waals surface area contributed by atoms with Gasteiger partial charge in [0.15, 0.2) is 0 Å². The Hall–Kier alpha value is -2.42. The Morgan fingerprint density at radius 1 is 1.00 bits per heavy atom. The number of hydrogen-bond donors (Lipinski definition) is 2. The number of piperazine rings is 1. The van der Waals surface area contributed by atoms with E-state index in [0.717, 1.165) is 29.4 Å². The van der Waals surface area contributed by atoms with Crippen molar-refractivity contribution in [2.45, 2.75) is 18.6 Å². The maximum absolute atomic E-state index is 13.8. The van der Waals surface area contributed by atoms with Gasteiger partial charge < -0.3 is 19.8 Å². The molecule has 2 atom stereocenters. The molecule has 9 heteroatoms. The number of benzene rings is 3. The second-order valence-corrected chi connectivity index (χ2v) is 9.96. The zero-order valence-electron chi connectivity index (χ0n) is 19.8. The molecule has 1 saturated heterocycles. The molecule has 2 N–H and O–H groups in total. The van der Waals surface area contributed by atoms with Crippen LogP contribution in [0.25, 0.3) is 0 Å². The number of nitrogens with zero attached hydrogens (tertiary/aromatic N) is 2. The second-order valence-electron chi connectivity index (χ2n) is 9.11. The van der Waals surface area contributed by atoms with Gasteiger partial charge in [0.05, 0.1) is 29.0 Å². The molecule has 3 aromatic carbocycles. The van der Waals surface area contributed by atoms with Gasteiger partial charge in [-0.1, -0.05) is 35.3 Å². The van der Waals surface area contributed by atoms with Crippen molar-refractivity contribution in [2.24, 2.45) is 0 Å². The van der Waals surface area contributed by atoms with E-state index in [4.69, 9.17) is 33.0 Å². The molecule has 1 aliphatic heterocycles. The van der Waals surface area contributed by atoms with E-state index < -0.39 is 17.2 Å². The zero-order valence-corrected chi connectivity index (χ0v) is 21.3. The quantitative estimate of drug-likeness (QED) is 0.403. The first-order chi connectivity index (χ1) is 17.2. The van der Waals surface area contributed by atoms with Crippen LogP contribution in [0.3, 0.4) is 0 Å². The van der Waals surface area contributed by atoms with Gasteiger partial charge in [0.2, 0.25) is 0 Å². The highest BCUT2D eigenvalue weighted by Gasteiger charge is 2.34. The first-order valence-corrected chi connectivity index (χ1v) is 12.4. The molecule has 1 fully saturated rings. The topological polar surface area (TPSA) is 56.2 Å². The highest BCUT2D eigenvalue weighted by atomic mass is 35.5. The number of anilines is 1. The van der Waals surface area contributed by atoms with Crippen LogP contribution in [0, 0.1) is 11.6 Å². The lowest BCUT2D eigenvalue weighted by Crippen LogP contribution is -2.52. The van der Waals surface area contributed by atoms with Crippen LogP contribution in [-0.2, 0) is 5.60 Å². The van der Waals surface area contributed by atoms with Gasteiger partial charge in [0.25, 0.3) is 0 Å². The van der Waals surface area contributed by atoms with Crippen molar-refractivity contribution in [3.8, 4) is 5.75 Å². The normalized spacial score (nSPS) is 18.2. The van der Waals surface area contributed by atoms with Gasteiger partial charge in [0.1, 0.15) is 24.0 Å². The predicted octanol–water partition coefficient (Wildman–Crippen LogP) is 5.41. The number of aliphatic hydroxyl groups is 2. The lowest BCUT2D eigenvalue weighted by atomic mass is 9.93. The zero-order chi connectivity index (χ0) is 25.9. The van der Waals surface area contributed by atoms with Crippen molar-refractivity contribution in [3.05, 3.63) is 93.5 Å². The van der Waals surface area contributed by atoms with Crippen molar-refractivity contribution in [2.75, 3.05) is 44.3 Å². The van der Waals surface area contributed by atoms with E-state index in [1.165, 1.54) is 0 Å². The summed E-state index contributed by atoms with van der Waals surface area (Å²) in [4.78, 5) is 4.26. The molecule has 1 heterocycles. The van der Waals surface area contributed by atoms with Gasteiger partial charge in [-0.2, -0.15) is 0 Å². The summed E-state index contributed by atoms with van der Waals surface area (Å²) in [5.74, 6) is -0.886. The Morgan fingerprint density at radius 3 is 2.33 bits per heavy atom. The number of rotatable bonds is 8. The molecule has 0 amide bonds. The maximum atomic E-state index is 13.8. The third-order valence-corrected chi connectivity index (χ3v) is 6.88. The molecule has 0 aromatic heterocycles. The fraction of sp³-hybridized carbons (Fsp3) is 0.333. The molecule has 0 bridgehead atoms. The maximum Gasteiger partial charge on any atom is 0.126 e. The second kappa shape index (κ2) is 11.3. The molecule has 0 spiro atoms. The van der Waals surface area contributed by atoms with Gasteiger partial charge in [-0.15, -0.1) is 0 Å². The first-order valence-electron chi connectivity index (χ1n) is 11.6. The van der Waals surface area contributed by atoms with Crippen LogP contribution in [0.2, 0.25) is 10.0 Å². The van der Waals surface area contributed by atoms with Gasteiger partial charge in [-0.05, 0) is 54.4 Å². The van der Waals surface area contributed by atoms with E-state index in [1.807, 2.05) is 36.4 Å². The molecule has 4 rings (SSSR count). The van der Waals surface area contributed by atoms with Crippen molar-refractivity contribution in [1.29, 1.82) is 0 Å². The molecule has 0 aliphatic carbocycles. The van der Waals surface area contributed by atoms with Crippen LogP contribution in [0.4, 0.5) is 14.5 Å². The highest BCUT2D eigenvalue weighted by molar-refractivity contribution is 6.33. The van der Waals surface area contributed by atoms with Gasteiger partial charge >= 0.3 is 0 Å². The summed E-state index contributed by atoms with van der Waals surface area (Å²) in [5.41, 5.74) is 0.565. The summed E-state index contributed by atoms with van der Waals surface area (Å²) >= 11 is 12.8. The SMILES string of the molecule is C[C@@](O)(CN1CCN(c2ccc(OCCO)cc2Cl)[C@H](c2ccc(Cl)cc2)C1)c1cc(F)cc(F)c1. The Labute approximate surface area is 219 Å². The van der Waals surface area contributed by atoms with E-state index in [0.29, 0.717) is 35.4 Å². The minimum absolute atomic E-state index is 0.0913. The Bertz CT molecular complexity index is 1170. The molecule has 192 valence electrons. The van der Waals surface area contributed by atoms with Crippen molar-refractivity contribution >= 4 is 28.9 Å². The van der Waals surface area contributed by atoms with Crippen LogP contribution in [-0.4, -0.2) is 54.5 Å². The third kappa shape index (κ3) is 6.28. The third-order valence-electron chi connectivity index (χ3n) is 6.32. The molecular formula is C27H28Cl2F2N2O3. The monoisotopic (exact) mass is 536 g/mol.